The van der Waals surface area contributed by atoms with Gasteiger partial charge in [-0.15, -0.1) is 0 Å². The monoisotopic (exact) mass is 363 g/mol. The van der Waals surface area contributed by atoms with Gasteiger partial charge in [0.1, 0.15) is 28.3 Å². The van der Waals surface area contributed by atoms with Crippen molar-refractivity contribution >= 4 is 26.6 Å². The molecule has 0 aliphatic carbocycles. The molecule has 0 saturated carbocycles. The van der Waals surface area contributed by atoms with Crippen LogP contribution in [0.5, 0.6) is 5.75 Å². The van der Waals surface area contributed by atoms with E-state index in [4.69, 9.17) is 10.00 Å². The number of anilines is 1. The first-order valence-corrected chi connectivity index (χ1v) is 8.41. The van der Waals surface area contributed by atoms with Crippen LogP contribution in [0.25, 0.3) is 10.9 Å². The van der Waals surface area contributed by atoms with Gasteiger partial charge in [-0.25, -0.2) is 17.2 Å². The SMILES string of the molecule is COc1ccc2c(S(=O)(=O)Nc3cc(F)c(C#N)cc3F)c[nH]c2c1. The molecule has 0 fully saturated rings. The third kappa shape index (κ3) is 2.99. The lowest BCUT2D eigenvalue weighted by atomic mass is 10.2. The quantitative estimate of drug-likeness (QED) is 0.744. The molecule has 6 nitrogen and oxygen atoms in total. The fourth-order valence-corrected chi connectivity index (χ4v) is 3.58. The second-order valence-electron chi connectivity index (χ2n) is 5.09. The van der Waals surface area contributed by atoms with Crippen molar-refractivity contribution in [2.24, 2.45) is 0 Å². The first kappa shape index (κ1) is 16.7. The van der Waals surface area contributed by atoms with Gasteiger partial charge in [0, 0.05) is 23.7 Å². The third-order valence-corrected chi connectivity index (χ3v) is 4.97. The van der Waals surface area contributed by atoms with E-state index in [1.54, 1.807) is 12.1 Å². The number of nitriles is 1. The van der Waals surface area contributed by atoms with E-state index in [9.17, 15) is 17.2 Å². The minimum atomic E-state index is -4.19. The molecule has 9 heteroatoms. The number of hydrogen-bond acceptors (Lipinski definition) is 4. The number of nitrogens with zero attached hydrogens (tertiary/aromatic N) is 1. The molecule has 0 aliphatic heterocycles. The van der Waals surface area contributed by atoms with Gasteiger partial charge in [0.05, 0.1) is 23.9 Å². The van der Waals surface area contributed by atoms with Gasteiger partial charge < -0.3 is 9.72 Å². The number of ether oxygens (including phenoxy) is 1. The highest BCUT2D eigenvalue weighted by Crippen LogP contribution is 2.29. The Labute approximate surface area is 141 Å². The summed E-state index contributed by atoms with van der Waals surface area (Å²) < 4.78 is 59.7. The van der Waals surface area contributed by atoms with E-state index in [0.29, 0.717) is 28.8 Å². The summed E-state index contributed by atoms with van der Waals surface area (Å²) in [5.74, 6) is -1.54. The zero-order valence-electron chi connectivity index (χ0n) is 12.8. The van der Waals surface area contributed by atoms with Crippen LogP contribution < -0.4 is 9.46 Å². The van der Waals surface area contributed by atoms with E-state index < -0.39 is 32.9 Å². The molecule has 0 aliphatic rings. The number of aromatic nitrogens is 1. The number of hydrogen-bond donors (Lipinski definition) is 2. The Morgan fingerprint density at radius 1 is 1.20 bits per heavy atom. The summed E-state index contributed by atoms with van der Waals surface area (Å²) in [6.45, 7) is 0. The average molecular weight is 363 g/mol. The number of methoxy groups -OCH3 is 1. The van der Waals surface area contributed by atoms with Gasteiger partial charge in [0.25, 0.3) is 10.0 Å². The normalized spacial score (nSPS) is 11.3. The van der Waals surface area contributed by atoms with E-state index in [1.807, 2.05) is 4.72 Å². The average Bonchev–Trinajstić information content (AvgIpc) is 3.01. The topological polar surface area (TPSA) is 95.0 Å². The summed E-state index contributed by atoms with van der Waals surface area (Å²) in [5, 5.41) is 9.03. The van der Waals surface area contributed by atoms with Crippen LogP contribution in [-0.2, 0) is 10.0 Å². The van der Waals surface area contributed by atoms with Crippen LogP contribution in [0.4, 0.5) is 14.5 Å². The van der Waals surface area contributed by atoms with Gasteiger partial charge in [-0.3, -0.25) is 4.72 Å². The Kier molecular flexibility index (Phi) is 4.06. The largest absolute Gasteiger partial charge is 0.497 e. The standard InChI is InChI=1S/C16H11F2N3O3S/c1-24-10-2-3-11-14(5-10)20-8-16(11)25(22,23)21-15-6-12(17)9(7-19)4-13(15)18/h2-6,8,20-21H,1H3. The Hall–Kier alpha value is -3.12. The van der Waals surface area contributed by atoms with Crippen molar-refractivity contribution in [1.29, 1.82) is 5.26 Å². The maximum absolute atomic E-state index is 13.9. The summed E-state index contributed by atoms with van der Waals surface area (Å²) in [5.41, 5.74) is -0.592. The van der Waals surface area contributed by atoms with E-state index in [0.717, 1.165) is 0 Å². The van der Waals surface area contributed by atoms with Gasteiger partial charge in [0.2, 0.25) is 0 Å². The predicted octanol–water partition coefficient (Wildman–Crippen LogP) is 3.13. The van der Waals surface area contributed by atoms with E-state index in [1.165, 1.54) is 25.4 Å². The zero-order valence-corrected chi connectivity index (χ0v) is 13.6. The predicted molar refractivity (Wildman–Crippen MR) is 86.7 cm³/mol. The smallest absolute Gasteiger partial charge is 0.264 e. The van der Waals surface area contributed by atoms with Crippen LogP contribution in [0.2, 0.25) is 0 Å². The lowest BCUT2D eigenvalue weighted by Gasteiger charge is -2.09. The summed E-state index contributed by atoms with van der Waals surface area (Å²) in [4.78, 5) is 2.66. The van der Waals surface area contributed by atoms with E-state index in [2.05, 4.69) is 4.98 Å². The highest BCUT2D eigenvalue weighted by atomic mass is 32.2. The Balaban J connectivity index is 2.04. The second-order valence-corrected chi connectivity index (χ2v) is 6.74. The second kappa shape index (κ2) is 6.07. The number of nitrogens with one attached hydrogen (secondary N) is 2. The van der Waals surface area contributed by atoms with Crippen molar-refractivity contribution in [1.82, 2.24) is 4.98 Å². The molecule has 0 spiro atoms. The molecule has 0 bridgehead atoms. The molecule has 3 aromatic rings. The first-order valence-electron chi connectivity index (χ1n) is 6.93. The molecule has 128 valence electrons. The molecule has 0 atom stereocenters. The van der Waals surface area contributed by atoms with Crippen molar-refractivity contribution in [2.45, 2.75) is 4.90 Å². The molecule has 0 amide bonds. The van der Waals surface area contributed by atoms with Crippen LogP contribution in [0.3, 0.4) is 0 Å². The number of rotatable bonds is 4. The number of fused-ring (bicyclic) bond motifs is 1. The maximum atomic E-state index is 13.9. The van der Waals surface area contributed by atoms with Gasteiger partial charge in [0.15, 0.2) is 0 Å². The molecule has 0 saturated heterocycles. The fraction of sp³-hybridized carbons (Fsp3) is 0.0625. The number of aromatic amines is 1. The minimum Gasteiger partial charge on any atom is -0.497 e. The lowest BCUT2D eigenvalue weighted by Crippen LogP contribution is -2.14. The first-order chi connectivity index (χ1) is 11.9. The third-order valence-electron chi connectivity index (χ3n) is 3.56. The minimum absolute atomic E-state index is 0.130. The molecule has 1 heterocycles. The van der Waals surface area contributed by atoms with Crippen LogP contribution >= 0.6 is 0 Å². The van der Waals surface area contributed by atoms with E-state index in [-0.39, 0.29) is 4.90 Å². The molecular formula is C16H11F2N3O3S. The molecule has 2 aromatic carbocycles. The van der Waals surface area contributed by atoms with Crippen molar-refractivity contribution < 1.29 is 21.9 Å². The molecule has 1 aromatic heterocycles. The van der Waals surface area contributed by atoms with E-state index >= 15 is 0 Å². The van der Waals surface area contributed by atoms with Crippen LogP contribution in [0, 0.1) is 23.0 Å². The summed E-state index contributed by atoms with van der Waals surface area (Å²) in [6, 6.07) is 7.46. The van der Waals surface area contributed by atoms with Crippen molar-refractivity contribution in [3.05, 3.63) is 53.7 Å². The Morgan fingerprint density at radius 2 is 1.96 bits per heavy atom. The summed E-state index contributed by atoms with van der Waals surface area (Å²) in [6.07, 6.45) is 1.24. The van der Waals surface area contributed by atoms with Gasteiger partial charge >= 0.3 is 0 Å². The van der Waals surface area contributed by atoms with Crippen molar-refractivity contribution in [2.75, 3.05) is 11.8 Å². The number of halogens is 2. The molecule has 2 N–H and O–H groups in total. The van der Waals surface area contributed by atoms with Crippen LogP contribution in [-0.4, -0.2) is 20.5 Å². The lowest BCUT2D eigenvalue weighted by molar-refractivity contribution is 0.415. The number of H-pyrrole nitrogens is 1. The molecule has 0 unspecified atom stereocenters. The Bertz CT molecular complexity index is 1120. The fourth-order valence-electron chi connectivity index (χ4n) is 2.34. The van der Waals surface area contributed by atoms with Crippen LogP contribution in [0.1, 0.15) is 5.56 Å². The van der Waals surface area contributed by atoms with Crippen molar-refractivity contribution in [3.8, 4) is 11.8 Å². The highest BCUT2D eigenvalue weighted by molar-refractivity contribution is 7.93. The number of benzene rings is 2. The van der Waals surface area contributed by atoms with Crippen LogP contribution in [0.15, 0.2) is 41.4 Å². The molecule has 0 radical (unpaired) electrons. The van der Waals surface area contributed by atoms with Gasteiger partial charge in [-0.05, 0) is 18.2 Å². The van der Waals surface area contributed by atoms with Gasteiger partial charge in [-0.2, -0.15) is 5.26 Å². The highest BCUT2D eigenvalue weighted by Gasteiger charge is 2.22. The Morgan fingerprint density at radius 3 is 2.64 bits per heavy atom. The van der Waals surface area contributed by atoms with Gasteiger partial charge in [-0.1, -0.05) is 0 Å². The summed E-state index contributed by atoms with van der Waals surface area (Å²) >= 11 is 0. The molecular weight excluding hydrogens is 352 g/mol. The van der Waals surface area contributed by atoms with Crippen molar-refractivity contribution in [3.63, 3.8) is 0 Å². The number of sulfonamides is 1. The summed E-state index contributed by atoms with van der Waals surface area (Å²) in [7, 11) is -2.71. The maximum Gasteiger partial charge on any atom is 0.264 e. The molecule has 3 rings (SSSR count). The molecule has 25 heavy (non-hydrogen) atoms. The zero-order chi connectivity index (χ0) is 18.2.